The molecule has 2 aromatic heterocycles. The first-order valence-electron chi connectivity index (χ1n) is 11.0. The molecule has 1 aliphatic heterocycles. The maximum atomic E-state index is 12.9. The molecule has 1 aliphatic rings. The number of nitrogens with one attached hydrogen (secondary N) is 2. The van der Waals surface area contributed by atoms with Gasteiger partial charge in [0.2, 0.25) is 5.91 Å². The fourth-order valence-corrected chi connectivity index (χ4v) is 4.53. The average molecular weight is 409 g/mol. The Labute approximate surface area is 178 Å². The molecule has 0 aliphatic carbocycles. The van der Waals surface area contributed by atoms with Gasteiger partial charge in [0.25, 0.3) is 0 Å². The van der Waals surface area contributed by atoms with Crippen molar-refractivity contribution in [3.05, 3.63) is 53.0 Å². The maximum absolute atomic E-state index is 12.9. The highest BCUT2D eigenvalue weighted by molar-refractivity contribution is 5.90. The molecule has 2 atom stereocenters. The Bertz CT molecular complexity index is 1030. The number of carbonyl (C=O) groups is 1. The number of benzene rings is 1. The van der Waals surface area contributed by atoms with Crippen LogP contribution in [0.2, 0.25) is 0 Å². The molecule has 3 heterocycles. The topological polar surface area (TPSA) is 72.1 Å². The maximum Gasteiger partial charge on any atom is 0.237 e. The lowest BCUT2D eigenvalue weighted by Crippen LogP contribution is -2.46. The van der Waals surface area contributed by atoms with Crippen LogP contribution in [-0.2, 0) is 17.8 Å². The Morgan fingerprint density at radius 1 is 1.40 bits per heavy atom. The van der Waals surface area contributed by atoms with Crippen LogP contribution in [0.1, 0.15) is 62.2 Å². The summed E-state index contributed by atoms with van der Waals surface area (Å²) in [5.74, 6) is 1.43. The quantitative estimate of drug-likeness (QED) is 0.617. The molecule has 0 fully saturated rings. The van der Waals surface area contributed by atoms with Crippen LogP contribution in [-0.4, -0.2) is 28.2 Å². The van der Waals surface area contributed by atoms with E-state index in [1.807, 2.05) is 13.0 Å². The van der Waals surface area contributed by atoms with Gasteiger partial charge in [0.05, 0.1) is 12.6 Å². The van der Waals surface area contributed by atoms with Gasteiger partial charge in [-0.1, -0.05) is 38.1 Å². The van der Waals surface area contributed by atoms with Gasteiger partial charge in [0.15, 0.2) is 0 Å². The Hall–Kier alpha value is -2.60. The number of carbonyl (C=O) groups excluding carboxylic acids is 1. The number of hydrogen-bond acceptors (Lipinski definition) is 4. The highest BCUT2D eigenvalue weighted by atomic mass is 16.5. The molecular weight excluding hydrogens is 376 g/mol. The third-order valence-corrected chi connectivity index (χ3v) is 5.80. The summed E-state index contributed by atoms with van der Waals surface area (Å²) in [6.45, 7) is 9.82. The van der Waals surface area contributed by atoms with Crippen molar-refractivity contribution in [3.8, 4) is 0 Å². The smallest absolute Gasteiger partial charge is 0.237 e. The minimum absolute atomic E-state index is 0.0893. The summed E-state index contributed by atoms with van der Waals surface area (Å²) >= 11 is 0. The summed E-state index contributed by atoms with van der Waals surface area (Å²) in [4.78, 5) is 12.9. The number of hydrogen-bond donors (Lipinski definition) is 2. The van der Waals surface area contributed by atoms with Gasteiger partial charge in [0.1, 0.15) is 11.5 Å². The number of rotatable bonds is 7. The van der Waals surface area contributed by atoms with E-state index in [9.17, 15) is 4.79 Å². The molecule has 6 nitrogen and oxygen atoms in total. The molecule has 0 spiro atoms. The monoisotopic (exact) mass is 408 g/mol. The minimum Gasteiger partial charge on any atom is -0.361 e. The highest BCUT2D eigenvalue weighted by Crippen LogP contribution is 2.36. The van der Waals surface area contributed by atoms with E-state index in [4.69, 9.17) is 4.52 Å². The van der Waals surface area contributed by atoms with E-state index in [1.165, 1.54) is 22.0 Å². The highest BCUT2D eigenvalue weighted by Gasteiger charge is 2.30. The van der Waals surface area contributed by atoms with Crippen LogP contribution < -0.4 is 10.6 Å². The molecule has 2 N–H and O–H groups in total. The number of aromatic nitrogens is 2. The van der Waals surface area contributed by atoms with Crippen molar-refractivity contribution >= 4 is 16.8 Å². The van der Waals surface area contributed by atoms with E-state index < -0.39 is 0 Å². The lowest BCUT2D eigenvalue weighted by atomic mass is 9.94. The number of amides is 1. The molecule has 0 bridgehead atoms. The first-order chi connectivity index (χ1) is 14.5. The Kier molecular flexibility index (Phi) is 5.95. The largest absolute Gasteiger partial charge is 0.361 e. The Morgan fingerprint density at radius 2 is 2.23 bits per heavy atom. The van der Waals surface area contributed by atoms with Crippen molar-refractivity contribution in [1.29, 1.82) is 0 Å². The van der Waals surface area contributed by atoms with Crippen LogP contribution in [0.4, 0.5) is 0 Å². The molecule has 1 amide bonds. The molecule has 4 rings (SSSR count). The average Bonchev–Trinajstić information content (AvgIpc) is 3.23. The second kappa shape index (κ2) is 8.64. The zero-order valence-electron chi connectivity index (χ0n) is 18.4. The molecule has 3 aromatic rings. The molecule has 6 heteroatoms. The van der Waals surface area contributed by atoms with Gasteiger partial charge in [-0.25, -0.2) is 0 Å². The lowest BCUT2D eigenvalue weighted by Gasteiger charge is -2.25. The van der Waals surface area contributed by atoms with Crippen molar-refractivity contribution in [2.45, 2.75) is 65.6 Å². The number of nitrogens with zero attached hydrogens (tertiary/aromatic N) is 2. The third kappa shape index (κ3) is 4.15. The fourth-order valence-electron chi connectivity index (χ4n) is 4.53. The van der Waals surface area contributed by atoms with Gasteiger partial charge >= 0.3 is 0 Å². The lowest BCUT2D eigenvalue weighted by molar-refractivity contribution is -0.123. The van der Waals surface area contributed by atoms with E-state index in [0.29, 0.717) is 25.4 Å². The fraction of sp³-hybridized carbons (Fsp3) is 0.500. The van der Waals surface area contributed by atoms with Crippen LogP contribution >= 0.6 is 0 Å². The van der Waals surface area contributed by atoms with Crippen molar-refractivity contribution in [1.82, 2.24) is 20.4 Å². The molecule has 30 heavy (non-hydrogen) atoms. The van der Waals surface area contributed by atoms with Crippen LogP contribution in [0, 0.1) is 12.8 Å². The van der Waals surface area contributed by atoms with E-state index in [1.54, 1.807) is 0 Å². The van der Waals surface area contributed by atoms with E-state index in [-0.39, 0.29) is 18.0 Å². The number of aryl methyl sites for hydroxylation is 1. The Morgan fingerprint density at radius 3 is 2.93 bits per heavy atom. The third-order valence-electron chi connectivity index (χ3n) is 5.80. The first kappa shape index (κ1) is 20.7. The zero-order valence-corrected chi connectivity index (χ0v) is 18.4. The normalized spacial score (nSPS) is 18.7. The van der Waals surface area contributed by atoms with Gasteiger partial charge in [-0.15, -0.1) is 0 Å². The SMILES string of the molecule is CCCNC(=O)C1Cc2cn(Cc3cc(C)on3)c3cccc(c23)C(CC(C)C)N1. The minimum atomic E-state index is -0.235. The summed E-state index contributed by atoms with van der Waals surface area (Å²) in [5.41, 5.74) is 4.61. The van der Waals surface area contributed by atoms with Crippen LogP contribution in [0.25, 0.3) is 10.9 Å². The molecule has 0 saturated heterocycles. The standard InChI is InChI=1S/C24H32N4O2/c1-5-9-25-24(29)21-12-17-13-28(14-18-11-16(4)30-27-18)22-8-6-7-19(23(17)22)20(26-21)10-15(2)3/h6-8,11,13,15,20-21,26H,5,9-10,12,14H2,1-4H3,(H,25,29). The van der Waals surface area contributed by atoms with Crippen molar-refractivity contribution < 1.29 is 9.32 Å². The molecule has 160 valence electrons. The predicted molar refractivity (Wildman–Crippen MR) is 118 cm³/mol. The van der Waals surface area contributed by atoms with E-state index in [0.717, 1.165) is 24.3 Å². The van der Waals surface area contributed by atoms with Gasteiger partial charge in [-0.2, -0.15) is 0 Å². The van der Waals surface area contributed by atoms with Gasteiger partial charge in [-0.05, 0) is 49.3 Å². The van der Waals surface area contributed by atoms with Crippen LogP contribution in [0.3, 0.4) is 0 Å². The molecule has 0 saturated carbocycles. The van der Waals surface area contributed by atoms with Gasteiger partial charge < -0.3 is 14.4 Å². The van der Waals surface area contributed by atoms with Crippen molar-refractivity contribution in [3.63, 3.8) is 0 Å². The summed E-state index contributed by atoms with van der Waals surface area (Å²) < 4.78 is 7.50. The van der Waals surface area contributed by atoms with Crippen molar-refractivity contribution in [2.24, 2.45) is 5.92 Å². The molecular formula is C24H32N4O2. The molecule has 0 radical (unpaired) electrons. The van der Waals surface area contributed by atoms with Gasteiger partial charge in [0, 0.05) is 35.8 Å². The second-order valence-corrected chi connectivity index (χ2v) is 8.85. The van der Waals surface area contributed by atoms with Crippen LogP contribution in [0.15, 0.2) is 35.0 Å². The predicted octanol–water partition coefficient (Wildman–Crippen LogP) is 4.11. The summed E-state index contributed by atoms with van der Waals surface area (Å²) in [5, 5.41) is 12.2. The van der Waals surface area contributed by atoms with Gasteiger partial charge in [-0.3, -0.25) is 10.1 Å². The first-order valence-corrected chi connectivity index (χ1v) is 11.0. The molecule has 2 unspecified atom stereocenters. The summed E-state index contributed by atoms with van der Waals surface area (Å²) in [7, 11) is 0. The second-order valence-electron chi connectivity index (χ2n) is 8.85. The van der Waals surface area contributed by atoms with E-state index in [2.05, 4.69) is 65.5 Å². The zero-order chi connectivity index (χ0) is 21.3. The van der Waals surface area contributed by atoms with Crippen LogP contribution in [0.5, 0.6) is 0 Å². The Balaban J connectivity index is 1.76. The van der Waals surface area contributed by atoms with E-state index >= 15 is 0 Å². The molecule has 1 aromatic carbocycles. The summed E-state index contributed by atoms with van der Waals surface area (Å²) in [6.07, 6.45) is 4.80. The van der Waals surface area contributed by atoms with Crippen molar-refractivity contribution in [2.75, 3.05) is 6.54 Å². The summed E-state index contributed by atoms with van der Waals surface area (Å²) in [6, 6.07) is 8.39.